The topological polar surface area (TPSA) is 51.5 Å². The second-order valence-electron chi connectivity index (χ2n) is 5.18. The average Bonchev–Trinajstić information content (AvgIpc) is 2.96. The monoisotopic (exact) mass is 300 g/mol. The molecule has 1 aliphatic rings. The minimum absolute atomic E-state index is 0.291. The number of carbonyl (C=O) groups is 1. The van der Waals surface area contributed by atoms with Crippen LogP contribution in [0.1, 0.15) is 11.1 Å². The van der Waals surface area contributed by atoms with E-state index in [-0.39, 0.29) is 0 Å². The van der Waals surface area contributed by atoms with Gasteiger partial charge in [-0.15, -0.1) is 0 Å². The molecule has 3 aromatic rings. The van der Waals surface area contributed by atoms with E-state index in [4.69, 9.17) is 4.74 Å². The van der Waals surface area contributed by atoms with E-state index in [9.17, 15) is 4.79 Å². The van der Waals surface area contributed by atoms with Gasteiger partial charge in [-0.05, 0) is 46.7 Å². The molecular weight excluding hydrogens is 288 g/mol. The first-order valence-corrected chi connectivity index (χ1v) is 7.21. The van der Waals surface area contributed by atoms with Crippen LogP contribution in [0.4, 0.5) is 0 Å². The number of ether oxygens (including phenoxy) is 1. The maximum atomic E-state index is 12.0. The fourth-order valence-corrected chi connectivity index (χ4v) is 2.47. The van der Waals surface area contributed by atoms with Crippen molar-refractivity contribution in [2.75, 3.05) is 0 Å². The fraction of sp³-hybridized carbons (Fsp3) is 0. The molecule has 0 saturated carbocycles. The van der Waals surface area contributed by atoms with Crippen LogP contribution in [0, 0.1) is 0 Å². The quantitative estimate of drug-likeness (QED) is 0.537. The zero-order chi connectivity index (χ0) is 15.6. The van der Waals surface area contributed by atoms with Gasteiger partial charge in [-0.25, -0.2) is 9.79 Å². The highest BCUT2D eigenvalue weighted by Crippen LogP contribution is 2.22. The van der Waals surface area contributed by atoms with Crippen molar-refractivity contribution < 1.29 is 9.53 Å². The molecule has 1 aromatic heterocycles. The number of hydrogen-bond donors (Lipinski definition) is 0. The van der Waals surface area contributed by atoms with E-state index in [1.807, 2.05) is 54.6 Å². The molecule has 110 valence electrons. The fourth-order valence-electron chi connectivity index (χ4n) is 2.47. The van der Waals surface area contributed by atoms with Crippen molar-refractivity contribution in [1.82, 2.24) is 4.98 Å². The van der Waals surface area contributed by atoms with E-state index < -0.39 is 5.97 Å². The molecule has 0 fully saturated rings. The Morgan fingerprint density at radius 3 is 2.52 bits per heavy atom. The molecule has 0 N–H and O–H groups in total. The van der Waals surface area contributed by atoms with Gasteiger partial charge in [0.1, 0.15) is 0 Å². The first kappa shape index (κ1) is 13.4. The highest BCUT2D eigenvalue weighted by molar-refractivity contribution is 6.13. The summed E-state index contributed by atoms with van der Waals surface area (Å²) in [4.78, 5) is 20.3. The van der Waals surface area contributed by atoms with Gasteiger partial charge in [-0.1, -0.05) is 30.3 Å². The lowest BCUT2D eigenvalue weighted by Crippen LogP contribution is -2.05. The molecule has 4 heteroatoms. The van der Waals surface area contributed by atoms with Gasteiger partial charge in [0.05, 0.1) is 0 Å². The second-order valence-corrected chi connectivity index (χ2v) is 5.18. The lowest BCUT2D eigenvalue weighted by Gasteiger charge is -2.02. The van der Waals surface area contributed by atoms with Gasteiger partial charge < -0.3 is 4.74 Å². The van der Waals surface area contributed by atoms with Gasteiger partial charge in [0.25, 0.3) is 0 Å². The maximum absolute atomic E-state index is 12.0. The van der Waals surface area contributed by atoms with E-state index in [1.54, 1.807) is 18.5 Å². The highest BCUT2D eigenvalue weighted by Gasteiger charge is 2.24. The number of benzene rings is 2. The van der Waals surface area contributed by atoms with Gasteiger partial charge in [0.2, 0.25) is 5.90 Å². The third kappa shape index (κ3) is 2.62. The Hall–Kier alpha value is -3.27. The van der Waals surface area contributed by atoms with Crippen molar-refractivity contribution in [3.8, 4) is 0 Å². The molecule has 0 atom stereocenters. The second kappa shape index (κ2) is 5.50. The van der Waals surface area contributed by atoms with Crippen molar-refractivity contribution >= 4 is 28.7 Å². The van der Waals surface area contributed by atoms with Crippen LogP contribution < -0.4 is 0 Å². The van der Waals surface area contributed by atoms with Crippen LogP contribution in [-0.4, -0.2) is 16.9 Å². The van der Waals surface area contributed by atoms with E-state index in [1.165, 1.54) is 0 Å². The van der Waals surface area contributed by atoms with Gasteiger partial charge in [0, 0.05) is 18.0 Å². The highest BCUT2D eigenvalue weighted by atomic mass is 16.6. The zero-order valence-electron chi connectivity index (χ0n) is 12.1. The average molecular weight is 300 g/mol. The van der Waals surface area contributed by atoms with E-state index in [2.05, 4.69) is 9.98 Å². The number of aromatic nitrogens is 1. The summed E-state index contributed by atoms with van der Waals surface area (Å²) in [6.45, 7) is 0. The third-order valence-corrected chi connectivity index (χ3v) is 3.63. The van der Waals surface area contributed by atoms with E-state index >= 15 is 0 Å². The summed E-state index contributed by atoms with van der Waals surface area (Å²) in [6, 6.07) is 17.5. The summed E-state index contributed by atoms with van der Waals surface area (Å²) in [5.41, 5.74) is 1.94. The molecule has 4 rings (SSSR count). The number of hydrogen-bond acceptors (Lipinski definition) is 4. The number of cyclic esters (lactones) is 1. The van der Waals surface area contributed by atoms with Crippen LogP contribution >= 0.6 is 0 Å². The minimum atomic E-state index is -0.440. The Bertz CT molecular complexity index is 959. The summed E-state index contributed by atoms with van der Waals surface area (Å²) in [5, 5.41) is 2.21. The normalized spacial score (nSPS) is 15.7. The third-order valence-electron chi connectivity index (χ3n) is 3.63. The van der Waals surface area contributed by atoms with Crippen LogP contribution in [-0.2, 0) is 9.53 Å². The number of rotatable bonds is 2. The molecule has 0 aliphatic carbocycles. The summed E-state index contributed by atoms with van der Waals surface area (Å²) in [6.07, 6.45) is 5.03. The van der Waals surface area contributed by atoms with Crippen LogP contribution in [0.25, 0.3) is 16.8 Å². The van der Waals surface area contributed by atoms with Crippen molar-refractivity contribution in [2.24, 2.45) is 4.99 Å². The van der Waals surface area contributed by atoms with Gasteiger partial charge >= 0.3 is 5.97 Å². The number of carbonyl (C=O) groups excluding carboxylic acids is 1. The van der Waals surface area contributed by atoms with Gasteiger partial charge in [0.15, 0.2) is 5.70 Å². The van der Waals surface area contributed by atoms with Crippen molar-refractivity contribution in [2.45, 2.75) is 0 Å². The predicted octanol–water partition coefficient (Wildman–Crippen LogP) is 3.58. The first-order chi connectivity index (χ1) is 11.3. The van der Waals surface area contributed by atoms with Crippen LogP contribution in [0.5, 0.6) is 0 Å². The molecule has 0 radical (unpaired) electrons. The molecular formula is C19H12N2O2. The number of fused-ring (bicyclic) bond motifs is 1. The zero-order valence-corrected chi connectivity index (χ0v) is 12.1. The minimum Gasteiger partial charge on any atom is -0.402 e. The van der Waals surface area contributed by atoms with Gasteiger partial charge in [-0.3, -0.25) is 4.98 Å². The Labute approximate surface area is 132 Å². The maximum Gasteiger partial charge on any atom is 0.363 e. The first-order valence-electron chi connectivity index (χ1n) is 7.21. The van der Waals surface area contributed by atoms with E-state index in [0.29, 0.717) is 11.6 Å². The smallest absolute Gasteiger partial charge is 0.363 e. The molecule has 23 heavy (non-hydrogen) atoms. The Morgan fingerprint density at radius 1 is 0.913 bits per heavy atom. The molecule has 1 aliphatic heterocycles. The van der Waals surface area contributed by atoms with Crippen LogP contribution in [0.15, 0.2) is 77.7 Å². The molecule has 2 aromatic carbocycles. The molecule has 0 spiro atoms. The predicted molar refractivity (Wildman–Crippen MR) is 88.8 cm³/mol. The Balaban J connectivity index is 1.72. The van der Waals surface area contributed by atoms with Crippen LogP contribution in [0.2, 0.25) is 0 Å². The SMILES string of the molecule is O=C1OC(c2ccc3ccccc3c2)=N/C1=C\c1ccncc1. The number of aliphatic imine (C=N–C) groups is 1. The molecule has 0 unspecified atom stereocenters. The lowest BCUT2D eigenvalue weighted by atomic mass is 10.1. The Kier molecular flexibility index (Phi) is 3.20. The molecule has 2 heterocycles. The summed E-state index contributed by atoms with van der Waals surface area (Å²) >= 11 is 0. The summed E-state index contributed by atoms with van der Waals surface area (Å²) in [5.74, 6) is -0.106. The van der Waals surface area contributed by atoms with Crippen molar-refractivity contribution in [1.29, 1.82) is 0 Å². The van der Waals surface area contributed by atoms with Crippen molar-refractivity contribution in [3.05, 3.63) is 83.8 Å². The van der Waals surface area contributed by atoms with E-state index in [0.717, 1.165) is 21.9 Å². The number of pyridine rings is 1. The van der Waals surface area contributed by atoms with Crippen molar-refractivity contribution in [3.63, 3.8) is 0 Å². The largest absolute Gasteiger partial charge is 0.402 e. The molecule has 4 nitrogen and oxygen atoms in total. The molecule has 0 saturated heterocycles. The van der Waals surface area contributed by atoms with Crippen LogP contribution in [0.3, 0.4) is 0 Å². The van der Waals surface area contributed by atoms with Gasteiger partial charge in [-0.2, -0.15) is 0 Å². The Morgan fingerprint density at radius 2 is 1.70 bits per heavy atom. The standard InChI is InChI=1S/C19H12N2O2/c22-19-17(11-13-7-9-20-10-8-13)21-18(23-19)16-6-5-14-3-1-2-4-15(14)12-16/h1-12H/b17-11-. The summed E-state index contributed by atoms with van der Waals surface area (Å²) < 4.78 is 5.31. The molecule has 0 bridgehead atoms. The number of esters is 1. The lowest BCUT2D eigenvalue weighted by molar-refractivity contribution is -0.129. The number of nitrogens with zero attached hydrogens (tertiary/aromatic N) is 2. The molecule has 0 amide bonds. The summed E-state index contributed by atoms with van der Waals surface area (Å²) in [7, 11) is 0.